The van der Waals surface area contributed by atoms with Gasteiger partial charge in [0.05, 0.1) is 5.69 Å². The average molecular weight is 243 g/mol. The summed E-state index contributed by atoms with van der Waals surface area (Å²) in [7, 11) is 1.98. The zero-order valence-electron chi connectivity index (χ0n) is 10.4. The van der Waals surface area contributed by atoms with Crippen molar-refractivity contribution in [2.24, 2.45) is 18.7 Å². The lowest BCUT2D eigenvalue weighted by Crippen LogP contribution is -2.42. The Morgan fingerprint density at radius 2 is 2.11 bits per heavy atom. The molecule has 4 nitrogen and oxygen atoms in total. The zero-order chi connectivity index (χ0) is 12.7. The molecular weight excluding hydrogens is 226 g/mol. The van der Waals surface area contributed by atoms with Crippen molar-refractivity contribution in [2.45, 2.75) is 18.9 Å². The molecule has 18 heavy (non-hydrogen) atoms. The molecule has 0 unspecified atom stereocenters. The molecule has 1 aromatic carbocycles. The summed E-state index contributed by atoms with van der Waals surface area (Å²) in [5.41, 5.74) is 7.72. The third-order valence-corrected chi connectivity index (χ3v) is 3.70. The third kappa shape index (κ3) is 1.78. The Morgan fingerprint density at radius 3 is 2.83 bits per heavy atom. The first-order valence-corrected chi connectivity index (χ1v) is 6.25. The number of para-hydroxylation sites is 1. The van der Waals surface area contributed by atoms with Gasteiger partial charge in [-0.05, 0) is 18.9 Å². The van der Waals surface area contributed by atoms with Gasteiger partial charge in [0.1, 0.15) is 0 Å². The molecule has 3 N–H and O–H groups in total. The second-order valence-corrected chi connectivity index (χ2v) is 5.09. The van der Waals surface area contributed by atoms with Crippen LogP contribution in [-0.4, -0.2) is 16.5 Å². The van der Waals surface area contributed by atoms with Crippen LogP contribution in [0.1, 0.15) is 12.8 Å². The normalized spacial score (nSPS) is 22.8. The highest BCUT2D eigenvalue weighted by molar-refractivity contribution is 6.02. The second-order valence-electron chi connectivity index (χ2n) is 5.09. The molecular formula is C14H17N3O. The summed E-state index contributed by atoms with van der Waals surface area (Å²) in [6.45, 7) is 0. The number of anilines is 1. The molecule has 1 amide bonds. The molecule has 1 fully saturated rings. The summed E-state index contributed by atoms with van der Waals surface area (Å²) in [4.78, 5) is 12.0. The van der Waals surface area contributed by atoms with Crippen LogP contribution in [0.2, 0.25) is 0 Å². The minimum absolute atomic E-state index is 0.0824. The van der Waals surface area contributed by atoms with E-state index in [1.54, 1.807) is 0 Å². The van der Waals surface area contributed by atoms with E-state index in [0.717, 1.165) is 29.4 Å². The lowest BCUT2D eigenvalue weighted by molar-refractivity contribution is -0.122. The van der Waals surface area contributed by atoms with E-state index in [0.29, 0.717) is 0 Å². The number of benzene rings is 1. The fourth-order valence-electron chi connectivity index (χ4n) is 2.55. The molecule has 4 heteroatoms. The van der Waals surface area contributed by atoms with Crippen LogP contribution in [0.4, 0.5) is 5.69 Å². The standard InChI is InChI=1S/C14H17N3O/c1-17-8-12(11-4-2-3-5-13(11)17)16-14(18)9-6-10(15)7-9/h2-5,8-10H,6-7,15H2,1H3,(H,16,18). The predicted molar refractivity (Wildman–Crippen MR) is 72.2 cm³/mol. The smallest absolute Gasteiger partial charge is 0.227 e. The van der Waals surface area contributed by atoms with Gasteiger partial charge in [-0.15, -0.1) is 0 Å². The second kappa shape index (κ2) is 4.14. The number of rotatable bonds is 2. The minimum atomic E-state index is 0.0824. The quantitative estimate of drug-likeness (QED) is 0.845. The molecule has 0 atom stereocenters. The monoisotopic (exact) mass is 243 g/mol. The molecule has 1 aliphatic carbocycles. The van der Waals surface area contributed by atoms with Crippen molar-refractivity contribution in [2.75, 3.05) is 5.32 Å². The highest BCUT2D eigenvalue weighted by atomic mass is 16.1. The van der Waals surface area contributed by atoms with E-state index in [4.69, 9.17) is 5.73 Å². The van der Waals surface area contributed by atoms with Gasteiger partial charge in [-0.25, -0.2) is 0 Å². The SMILES string of the molecule is Cn1cc(NC(=O)C2CC(N)C2)c2ccccc21. The summed E-state index contributed by atoms with van der Waals surface area (Å²) in [5, 5.41) is 4.09. The predicted octanol–water partition coefficient (Wildman–Crippen LogP) is 1.85. The van der Waals surface area contributed by atoms with Gasteiger partial charge < -0.3 is 15.6 Å². The summed E-state index contributed by atoms with van der Waals surface area (Å²) in [6.07, 6.45) is 3.56. The van der Waals surface area contributed by atoms with Crippen LogP contribution in [0.5, 0.6) is 0 Å². The number of amides is 1. The Hall–Kier alpha value is -1.81. The molecule has 0 saturated heterocycles. The minimum Gasteiger partial charge on any atom is -0.348 e. The molecule has 0 radical (unpaired) electrons. The van der Waals surface area contributed by atoms with Crippen molar-refractivity contribution in [3.63, 3.8) is 0 Å². The largest absolute Gasteiger partial charge is 0.348 e. The van der Waals surface area contributed by atoms with Gasteiger partial charge in [-0.2, -0.15) is 0 Å². The molecule has 2 aromatic rings. The van der Waals surface area contributed by atoms with Gasteiger partial charge in [-0.1, -0.05) is 18.2 Å². The van der Waals surface area contributed by atoms with E-state index in [1.807, 2.05) is 42.1 Å². The number of carbonyl (C=O) groups is 1. The maximum atomic E-state index is 12.0. The Kier molecular flexibility index (Phi) is 2.59. The maximum Gasteiger partial charge on any atom is 0.227 e. The van der Waals surface area contributed by atoms with Gasteiger partial charge in [0.2, 0.25) is 5.91 Å². The van der Waals surface area contributed by atoms with Crippen LogP contribution in [0.25, 0.3) is 10.9 Å². The van der Waals surface area contributed by atoms with Gasteiger partial charge in [-0.3, -0.25) is 4.79 Å². The molecule has 1 aliphatic rings. The molecule has 1 heterocycles. The Labute approximate surface area is 106 Å². The molecule has 0 aliphatic heterocycles. The molecule has 94 valence electrons. The first-order chi connectivity index (χ1) is 8.65. The number of aryl methyl sites for hydroxylation is 1. The van der Waals surface area contributed by atoms with Crippen molar-refractivity contribution in [3.05, 3.63) is 30.5 Å². The molecule has 3 rings (SSSR count). The first-order valence-electron chi connectivity index (χ1n) is 6.25. The van der Waals surface area contributed by atoms with Crippen LogP contribution < -0.4 is 11.1 Å². The van der Waals surface area contributed by atoms with Crippen LogP contribution in [0.15, 0.2) is 30.5 Å². The van der Waals surface area contributed by atoms with Crippen molar-refractivity contribution < 1.29 is 4.79 Å². The van der Waals surface area contributed by atoms with Gasteiger partial charge in [0, 0.05) is 36.1 Å². The van der Waals surface area contributed by atoms with Crippen molar-refractivity contribution >= 4 is 22.5 Å². The maximum absolute atomic E-state index is 12.0. The molecule has 0 spiro atoms. The van der Waals surface area contributed by atoms with Crippen LogP contribution in [-0.2, 0) is 11.8 Å². The highest BCUT2D eigenvalue weighted by Gasteiger charge is 2.32. The zero-order valence-corrected chi connectivity index (χ0v) is 10.4. The van der Waals surface area contributed by atoms with Crippen molar-refractivity contribution in [1.29, 1.82) is 0 Å². The molecule has 1 saturated carbocycles. The van der Waals surface area contributed by atoms with Crippen LogP contribution in [0, 0.1) is 5.92 Å². The van der Waals surface area contributed by atoms with Crippen LogP contribution in [0.3, 0.4) is 0 Å². The van der Waals surface area contributed by atoms with Crippen molar-refractivity contribution in [1.82, 2.24) is 4.57 Å². The summed E-state index contributed by atoms with van der Waals surface area (Å²) in [6, 6.07) is 8.26. The summed E-state index contributed by atoms with van der Waals surface area (Å²) < 4.78 is 2.03. The number of nitrogens with two attached hydrogens (primary N) is 1. The molecule has 1 aromatic heterocycles. The topological polar surface area (TPSA) is 60.0 Å². The number of nitrogens with zero attached hydrogens (tertiary/aromatic N) is 1. The fourth-order valence-corrected chi connectivity index (χ4v) is 2.55. The van der Waals surface area contributed by atoms with Gasteiger partial charge in [0.25, 0.3) is 0 Å². The highest BCUT2D eigenvalue weighted by Crippen LogP contribution is 2.29. The lowest BCUT2D eigenvalue weighted by atomic mass is 9.80. The third-order valence-electron chi connectivity index (χ3n) is 3.70. The first kappa shape index (κ1) is 11.3. The summed E-state index contributed by atoms with van der Waals surface area (Å²) >= 11 is 0. The number of hydrogen-bond acceptors (Lipinski definition) is 2. The fraction of sp³-hybridized carbons (Fsp3) is 0.357. The average Bonchev–Trinajstić information content (AvgIpc) is 2.63. The Morgan fingerprint density at radius 1 is 1.39 bits per heavy atom. The number of carbonyl (C=O) groups excluding carboxylic acids is 1. The molecule has 0 bridgehead atoms. The van der Waals surface area contributed by atoms with Crippen molar-refractivity contribution in [3.8, 4) is 0 Å². The van der Waals surface area contributed by atoms with Gasteiger partial charge >= 0.3 is 0 Å². The van der Waals surface area contributed by atoms with E-state index in [2.05, 4.69) is 5.32 Å². The number of aromatic nitrogens is 1. The number of fused-ring (bicyclic) bond motifs is 1. The van der Waals surface area contributed by atoms with Crippen LogP contribution >= 0.6 is 0 Å². The van der Waals surface area contributed by atoms with E-state index < -0.39 is 0 Å². The summed E-state index contributed by atoms with van der Waals surface area (Å²) in [5.74, 6) is 0.173. The van der Waals surface area contributed by atoms with E-state index in [-0.39, 0.29) is 17.9 Å². The Balaban J connectivity index is 1.84. The van der Waals surface area contributed by atoms with E-state index >= 15 is 0 Å². The van der Waals surface area contributed by atoms with E-state index in [9.17, 15) is 4.79 Å². The number of hydrogen-bond donors (Lipinski definition) is 2. The van der Waals surface area contributed by atoms with E-state index in [1.165, 1.54) is 0 Å². The number of nitrogens with one attached hydrogen (secondary N) is 1. The van der Waals surface area contributed by atoms with Gasteiger partial charge in [0.15, 0.2) is 0 Å². The lowest BCUT2D eigenvalue weighted by Gasteiger charge is -2.30. The Bertz CT molecular complexity index is 596.